The molecule has 20 heavy (non-hydrogen) atoms. The zero-order valence-electron chi connectivity index (χ0n) is 11.0. The largest absolute Gasteiger partial charge is 0.481 e. The molecular formula is C14H14N4O2. The Morgan fingerprint density at radius 1 is 1.40 bits per heavy atom. The van der Waals surface area contributed by atoms with Crippen molar-refractivity contribution in [2.75, 3.05) is 18.0 Å². The van der Waals surface area contributed by atoms with Crippen molar-refractivity contribution < 1.29 is 9.90 Å². The Balaban J connectivity index is 1.87. The smallest absolute Gasteiger partial charge is 0.310 e. The van der Waals surface area contributed by atoms with Crippen LogP contribution in [0.15, 0.2) is 30.6 Å². The zero-order chi connectivity index (χ0) is 14.1. The number of nitrogens with zero attached hydrogens (tertiary/aromatic N) is 4. The summed E-state index contributed by atoms with van der Waals surface area (Å²) >= 11 is 0. The van der Waals surface area contributed by atoms with Crippen LogP contribution in [-0.2, 0) is 4.79 Å². The number of carbonyl (C=O) groups is 1. The summed E-state index contributed by atoms with van der Waals surface area (Å²) in [4.78, 5) is 25.8. The molecule has 2 aromatic heterocycles. The molecule has 0 aromatic carbocycles. The van der Waals surface area contributed by atoms with E-state index in [1.807, 2.05) is 30.0 Å². The van der Waals surface area contributed by atoms with Gasteiger partial charge in [0.2, 0.25) is 0 Å². The maximum Gasteiger partial charge on any atom is 0.310 e. The Hall–Kier alpha value is -2.50. The fourth-order valence-corrected chi connectivity index (χ4v) is 2.16. The van der Waals surface area contributed by atoms with E-state index in [0.29, 0.717) is 18.9 Å². The molecule has 1 saturated heterocycles. The van der Waals surface area contributed by atoms with E-state index in [4.69, 9.17) is 5.11 Å². The van der Waals surface area contributed by atoms with Crippen molar-refractivity contribution >= 4 is 11.8 Å². The van der Waals surface area contributed by atoms with Gasteiger partial charge in [0, 0.05) is 42.8 Å². The molecule has 6 nitrogen and oxygen atoms in total. The van der Waals surface area contributed by atoms with Crippen LogP contribution in [0.5, 0.6) is 0 Å². The van der Waals surface area contributed by atoms with Gasteiger partial charge in [-0.05, 0) is 19.1 Å². The number of pyridine rings is 1. The quantitative estimate of drug-likeness (QED) is 0.907. The van der Waals surface area contributed by atoms with Gasteiger partial charge in [0.25, 0.3) is 0 Å². The Labute approximate surface area is 116 Å². The van der Waals surface area contributed by atoms with Crippen molar-refractivity contribution in [3.8, 4) is 11.4 Å². The Bertz CT molecular complexity index is 639. The summed E-state index contributed by atoms with van der Waals surface area (Å²) in [5.74, 6) is 0.340. The number of aryl methyl sites for hydroxylation is 1. The van der Waals surface area contributed by atoms with Crippen LogP contribution in [0.2, 0.25) is 0 Å². The first-order valence-corrected chi connectivity index (χ1v) is 6.37. The van der Waals surface area contributed by atoms with Gasteiger partial charge >= 0.3 is 5.97 Å². The molecule has 6 heteroatoms. The molecule has 1 N–H and O–H groups in total. The molecule has 0 amide bonds. The highest BCUT2D eigenvalue weighted by Crippen LogP contribution is 2.25. The van der Waals surface area contributed by atoms with Crippen molar-refractivity contribution in [2.45, 2.75) is 6.92 Å². The van der Waals surface area contributed by atoms with Crippen LogP contribution in [0, 0.1) is 12.8 Å². The number of hydrogen-bond acceptors (Lipinski definition) is 5. The van der Waals surface area contributed by atoms with Crippen LogP contribution >= 0.6 is 0 Å². The predicted octanol–water partition coefficient (Wildman–Crippen LogP) is 1.37. The first-order chi connectivity index (χ1) is 9.63. The number of aromatic nitrogens is 3. The molecule has 1 aliphatic rings. The van der Waals surface area contributed by atoms with Crippen molar-refractivity contribution in [3.63, 3.8) is 0 Å². The minimum absolute atomic E-state index is 0.299. The minimum atomic E-state index is -0.750. The third-order valence-electron chi connectivity index (χ3n) is 3.32. The second-order valence-electron chi connectivity index (χ2n) is 4.87. The number of carboxylic acids is 1. The Morgan fingerprint density at radius 2 is 2.20 bits per heavy atom. The molecule has 2 aromatic rings. The maximum atomic E-state index is 10.8. The van der Waals surface area contributed by atoms with E-state index in [2.05, 4.69) is 15.0 Å². The van der Waals surface area contributed by atoms with Crippen LogP contribution < -0.4 is 4.90 Å². The van der Waals surface area contributed by atoms with E-state index in [-0.39, 0.29) is 5.92 Å². The monoisotopic (exact) mass is 270 g/mol. The molecule has 0 bridgehead atoms. The summed E-state index contributed by atoms with van der Waals surface area (Å²) in [5, 5.41) is 8.92. The maximum absolute atomic E-state index is 10.8. The van der Waals surface area contributed by atoms with Gasteiger partial charge in [-0.15, -0.1) is 0 Å². The van der Waals surface area contributed by atoms with Crippen LogP contribution in [0.25, 0.3) is 11.4 Å². The van der Waals surface area contributed by atoms with Crippen molar-refractivity contribution in [1.29, 1.82) is 0 Å². The van der Waals surface area contributed by atoms with Gasteiger partial charge in [-0.1, -0.05) is 0 Å². The number of anilines is 1. The highest BCUT2D eigenvalue weighted by molar-refractivity contribution is 5.74. The minimum Gasteiger partial charge on any atom is -0.481 e. The van der Waals surface area contributed by atoms with E-state index in [1.54, 1.807) is 12.4 Å². The topological polar surface area (TPSA) is 79.2 Å². The van der Waals surface area contributed by atoms with E-state index >= 15 is 0 Å². The molecule has 0 spiro atoms. The van der Waals surface area contributed by atoms with E-state index in [9.17, 15) is 4.79 Å². The van der Waals surface area contributed by atoms with Crippen molar-refractivity contribution in [3.05, 3.63) is 36.3 Å². The van der Waals surface area contributed by atoms with Gasteiger partial charge in [0.15, 0.2) is 5.82 Å². The highest BCUT2D eigenvalue weighted by atomic mass is 16.4. The summed E-state index contributed by atoms with van der Waals surface area (Å²) in [6, 6.07) is 5.62. The molecule has 3 rings (SSSR count). The molecule has 3 heterocycles. The fourth-order valence-electron chi connectivity index (χ4n) is 2.16. The Morgan fingerprint density at radius 3 is 2.85 bits per heavy atom. The van der Waals surface area contributed by atoms with E-state index in [1.165, 1.54) is 0 Å². The molecule has 0 radical (unpaired) electrons. The lowest BCUT2D eigenvalue weighted by atomic mass is 10.0. The Kier molecular flexibility index (Phi) is 3.06. The number of rotatable bonds is 3. The lowest BCUT2D eigenvalue weighted by Gasteiger charge is -2.37. The average molecular weight is 270 g/mol. The molecule has 1 fully saturated rings. The molecular weight excluding hydrogens is 256 g/mol. The summed E-state index contributed by atoms with van der Waals surface area (Å²) in [6.45, 7) is 2.90. The summed E-state index contributed by atoms with van der Waals surface area (Å²) in [5.41, 5.74) is 1.71. The van der Waals surface area contributed by atoms with Gasteiger partial charge in [0.05, 0.1) is 5.92 Å². The lowest BCUT2D eigenvalue weighted by Crippen LogP contribution is -2.50. The number of hydrogen-bond donors (Lipinski definition) is 1. The predicted molar refractivity (Wildman–Crippen MR) is 73.3 cm³/mol. The molecule has 0 aliphatic carbocycles. The van der Waals surface area contributed by atoms with Gasteiger partial charge in [-0.2, -0.15) is 0 Å². The van der Waals surface area contributed by atoms with Crippen molar-refractivity contribution in [1.82, 2.24) is 15.0 Å². The molecule has 0 atom stereocenters. The second kappa shape index (κ2) is 4.88. The summed E-state index contributed by atoms with van der Waals surface area (Å²) < 4.78 is 0. The van der Waals surface area contributed by atoms with Gasteiger partial charge in [-0.25, -0.2) is 9.97 Å². The highest BCUT2D eigenvalue weighted by Gasteiger charge is 2.33. The van der Waals surface area contributed by atoms with Crippen LogP contribution in [0.4, 0.5) is 5.82 Å². The standard InChI is InChI=1S/C14H14N4O2/c1-9-5-12(18-7-11(8-18)14(19)20)17-13(16-9)10-3-2-4-15-6-10/h2-6,11H,7-8H2,1H3,(H,19,20). The summed E-state index contributed by atoms with van der Waals surface area (Å²) in [6.07, 6.45) is 3.42. The SMILES string of the molecule is Cc1cc(N2CC(C(=O)O)C2)nc(-c2cccnc2)n1. The van der Waals surface area contributed by atoms with Crippen LogP contribution in [-0.4, -0.2) is 39.1 Å². The first kappa shape index (κ1) is 12.5. The third kappa shape index (κ3) is 2.32. The molecule has 102 valence electrons. The number of carboxylic acid groups (broad SMARTS) is 1. The zero-order valence-corrected chi connectivity index (χ0v) is 11.0. The van der Waals surface area contributed by atoms with Gasteiger partial charge in [0.1, 0.15) is 5.82 Å². The van der Waals surface area contributed by atoms with Gasteiger partial charge in [-0.3, -0.25) is 9.78 Å². The molecule has 0 unspecified atom stereocenters. The lowest BCUT2D eigenvalue weighted by molar-refractivity contribution is -0.142. The average Bonchev–Trinajstić information content (AvgIpc) is 2.37. The first-order valence-electron chi connectivity index (χ1n) is 6.37. The summed E-state index contributed by atoms with van der Waals surface area (Å²) in [7, 11) is 0. The van der Waals surface area contributed by atoms with E-state index < -0.39 is 5.97 Å². The van der Waals surface area contributed by atoms with Crippen LogP contribution in [0.1, 0.15) is 5.69 Å². The molecule has 1 aliphatic heterocycles. The van der Waals surface area contributed by atoms with E-state index in [0.717, 1.165) is 17.1 Å². The van der Waals surface area contributed by atoms with Crippen molar-refractivity contribution in [2.24, 2.45) is 5.92 Å². The fraction of sp³-hybridized carbons (Fsp3) is 0.286. The molecule has 0 saturated carbocycles. The second-order valence-corrected chi connectivity index (χ2v) is 4.87. The number of aliphatic carboxylic acids is 1. The van der Waals surface area contributed by atoms with Gasteiger partial charge < -0.3 is 10.0 Å². The normalized spacial score (nSPS) is 14.9. The van der Waals surface area contributed by atoms with Crippen LogP contribution in [0.3, 0.4) is 0 Å². The third-order valence-corrected chi connectivity index (χ3v) is 3.32.